The summed E-state index contributed by atoms with van der Waals surface area (Å²) >= 11 is 0. The lowest BCUT2D eigenvalue weighted by atomic mass is 10.1. The molecule has 10 heteroatoms. The van der Waals surface area contributed by atoms with E-state index in [9.17, 15) is 27.6 Å². The van der Waals surface area contributed by atoms with Crippen LogP contribution in [0.3, 0.4) is 0 Å². The van der Waals surface area contributed by atoms with Gasteiger partial charge in [-0.3, -0.25) is 14.4 Å². The Kier molecular flexibility index (Phi) is 7.22. The van der Waals surface area contributed by atoms with Crippen molar-refractivity contribution in [3.63, 3.8) is 0 Å². The number of hydrogen-bond acceptors (Lipinski definition) is 4. The zero-order valence-corrected chi connectivity index (χ0v) is 13.2. The molecular weight excluding hydrogens is 345 g/mol. The Morgan fingerprint density at radius 3 is 2.28 bits per heavy atom. The predicted octanol–water partition coefficient (Wildman–Crippen LogP) is 1.94. The van der Waals surface area contributed by atoms with E-state index < -0.39 is 42.8 Å². The number of carbonyl (C=O) groups excluding carboxylic acids is 2. The highest BCUT2D eigenvalue weighted by Crippen LogP contribution is 2.18. The van der Waals surface area contributed by atoms with E-state index in [2.05, 4.69) is 5.32 Å². The summed E-state index contributed by atoms with van der Waals surface area (Å²) in [7, 11) is 0. The van der Waals surface area contributed by atoms with E-state index in [0.29, 0.717) is 12.4 Å². The van der Waals surface area contributed by atoms with Crippen molar-refractivity contribution in [1.82, 2.24) is 5.32 Å². The molecule has 2 amide bonds. The number of carboxylic acid groups (broad SMARTS) is 1. The summed E-state index contributed by atoms with van der Waals surface area (Å²) in [5, 5.41) is 12.5. The van der Waals surface area contributed by atoms with Gasteiger partial charge >= 0.3 is 18.1 Å². The first-order chi connectivity index (χ1) is 11.6. The van der Waals surface area contributed by atoms with Crippen LogP contribution in [0.15, 0.2) is 24.3 Å². The van der Waals surface area contributed by atoms with Crippen LogP contribution in [0.5, 0.6) is 5.75 Å². The molecule has 0 aliphatic rings. The molecule has 0 saturated carbocycles. The van der Waals surface area contributed by atoms with E-state index in [1.165, 1.54) is 17.4 Å². The highest BCUT2D eigenvalue weighted by molar-refractivity contribution is 5.98. The number of ether oxygens (including phenoxy) is 1. The molecule has 0 spiro atoms. The molecule has 7 nitrogen and oxygen atoms in total. The molecule has 0 aromatic heterocycles. The molecule has 1 aromatic carbocycles. The standard InChI is InChI=1S/C15H17F3N2O5/c1-2-25-10-5-3-9(4-6-10)19-13(23)11(7-8-12(21)22)20-14(24)15(16,17)18/h3-6,11H,2,7-8H2,1H3,(H,19,23)(H,20,24)(H,21,22). The second kappa shape index (κ2) is 8.90. The smallest absolute Gasteiger partial charge is 0.471 e. The minimum Gasteiger partial charge on any atom is -0.494 e. The minimum atomic E-state index is -5.18. The number of rotatable bonds is 8. The van der Waals surface area contributed by atoms with Crippen LogP contribution in [0.4, 0.5) is 18.9 Å². The molecule has 1 unspecified atom stereocenters. The lowest BCUT2D eigenvalue weighted by molar-refractivity contribution is -0.174. The molecule has 0 radical (unpaired) electrons. The van der Waals surface area contributed by atoms with Crippen molar-refractivity contribution < 1.29 is 37.4 Å². The first-order valence-electron chi connectivity index (χ1n) is 7.26. The molecule has 0 aliphatic heterocycles. The number of carboxylic acids is 1. The maximum Gasteiger partial charge on any atom is 0.471 e. The van der Waals surface area contributed by atoms with Crippen LogP contribution in [-0.2, 0) is 14.4 Å². The van der Waals surface area contributed by atoms with Crippen molar-refractivity contribution in [3.05, 3.63) is 24.3 Å². The molecular formula is C15H17F3N2O5. The Hall–Kier alpha value is -2.78. The zero-order chi connectivity index (χ0) is 19.0. The maximum absolute atomic E-state index is 12.3. The van der Waals surface area contributed by atoms with E-state index in [1.807, 2.05) is 0 Å². The SMILES string of the molecule is CCOc1ccc(NC(=O)C(CCC(=O)O)NC(=O)C(F)(F)F)cc1. The van der Waals surface area contributed by atoms with E-state index in [0.717, 1.165) is 0 Å². The summed E-state index contributed by atoms with van der Waals surface area (Å²) in [5.41, 5.74) is 0.259. The van der Waals surface area contributed by atoms with Gasteiger partial charge in [0.15, 0.2) is 0 Å². The van der Waals surface area contributed by atoms with Crippen molar-refractivity contribution in [1.29, 1.82) is 0 Å². The lowest BCUT2D eigenvalue weighted by Crippen LogP contribution is -2.48. The van der Waals surface area contributed by atoms with Gasteiger partial charge in [-0.1, -0.05) is 0 Å². The second-order valence-corrected chi connectivity index (χ2v) is 4.90. The zero-order valence-electron chi connectivity index (χ0n) is 13.2. The molecule has 0 aliphatic carbocycles. The van der Waals surface area contributed by atoms with E-state index in [1.54, 1.807) is 19.1 Å². The van der Waals surface area contributed by atoms with Gasteiger partial charge in [0.1, 0.15) is 11.8 Å². The maximum atomic E-state index is 12.3. The molecule has 1 aromatic rings. The first-order valence-corrected chi connectivity index (χ1v) is 7.26. The number of amides is 2. The fraction of sp³-hybridized carbons (Fsp3) is 0.400. The van der Waals surface area contributed by atoms with Crippen LogP contribution in [0, 0.1) is 0 Å². The molecule has 3 N–H and O–H groups in total. The summed E-state index contributed by atoms with van der Waals surface area (Å²) in [4.78, 5) is 33.7. The predicted molar refractivity (Wildman–Crippen MR) is 81.1 cm³/mol. The number of aliphatic carboxylic acids is 1. The Morgan fingerprint density at radius 1 is 1.20 bits per heavy atom. The molecule has 1 rings (SSSR count). The number of anilines is 1. The van der Waals surface area contributed by atoms with Crippen LogP contribution >= 0.6 is 0 Å². The third kappa shape index (κ3) is 7.10. The number of halogens is 3. The third-order valence-electron chi connectivity index (χ3n) is 2.96. The van der Waals surface area contributed by atoms with Crippen LogP contribution in [0.25, 0.3) is 0 Å². The van der Waals surface area contributed by atoms with Crippen LogP contribution < -0.4 is 15.4 Å². The highest BCUT2D eigenvalue weighted by atomic mass is 19.4. The van der Waals surface area contributed by atoms with Gasteiger partial charge < -0.3 is 20.5 Å². The number of carbonyl (C=O) groups is 3. The fourth-order valence-corrected chi connectivity index (χ4v) is 1.81. The van der Waals surface area contributed by atoms with E-state index >= 15 is 0 Å². The lowest BCUT2D eigenvalue weighted by Gasteiger charge is -2.18. The van der Waals surface area contributed by atoms with Gasteiger partial charge in [-0.05, 0) is 37.6 Å². The molecule has 1 atom stereocenters. The van der Waals surface area contributed by atoms with E-state index in [-0.39, 0.29) is 5.69 Å². The van der Waals surface area contributed by atoms with Crippen molar-refractivity contribution in [3.8, 4) is 5.75 Å². The summed E-state index contributed by atoms with van der Waals surface area (Å²) in [5.74, 6) is -4.04. The van der Waals surface area contributed by atoms with Gasteiger partial charge in [0, 0.05) is 12.1 Å². The van der Waals surface area contributed by atoms with E-state index in [4.69, 9.17) is 9.84 Å². The molecule has 0 fully saturated rings. The first kappa shape index (κ1) is 20.3. The van der Waals surface area contributed by atoms with Crippen LogP contribution in [0.1, 0.15) is 19.8 Å². The van der Waals surface area contributed by atoms with Crippen LogP contribution in [0.2, 0.25) is 0 Å². The average Bonchev–Trinajstić information content (AvgIpc) is 2.52. The van der Waals surface area contributed by atoms with Crippen molar-refractivity contribution >= 4 is 23.5 Å². The van der Waals surface area contributed by atoms with Gasteiger partial charge in [0.25, 0.3) is 0 Å². The average molecular weight is 362 g/mol. The van der Waals surface area contributed by atoms with Crippen molar-refractivity contribution in [2.75, 3.05) is 11.9 Å². The largest absolute Gasteiger partial charge is 0.494 e. The Balaban J connectivity index is 2.79. The summed E-state index contributed by atoms with van der Waals surface area (Å²) in [6.07, 6.45) is -6.25. The molecule has 138 valence electrons. The number of hydrogen-bond donors (Lipinski definition) is 3. The third-order valence-corrected chi connectivity index (χ3v) is 2.96. The number of benzene rings is 1. The molecule has 0 bridgehead atoms. The van der Waals surface area contributed by atoms with Gasteiger partial charge in [-0.2, -0.15) is 13.2 Å². The van der Waals surface area contributed by atoms with Crippen LogP contribution in [-0.4, -0.2) is 41.7 Å². The monoisotopic (exact) mass is 362 g/mol. The molecule has 0 saturated heterocycles. The van der Waals surface area contributed by atoms with Crippen molar-refractivity contribution in [2.24, 2.45) is 0 Å². The van der Waals surface area contributed by atoms with Gasteiger partial charge in [-0.25, -0.2) is 0 Å². The highest BCUT2D eigenvalue weighted by Gasteiger charge is 2.40. The molecule has 25 heavy (non-hydrogen) atoms. The summed E-state index contributed by atoms with van der Waals surface area (Å²) in [6, 6.07) is 4.36. The molecule has 0 heterocycles. The van der Waals surface area contributed by atoms with Gasteiger partial charge in [0.05, 0.1) is 6.61 Å². The summed E-state index contributed by atoms with van der Waals surface area (Å²) < 4.78 is 42.2. The van der Waals surface area contributed by atoms with Crippen molar-refractivity contribution in [2.45, 2.75) is 32.0 Å². The number of nitrogens with one attached hydrogen (secondary N) is 2. The fourth-order valence-electron chi connectivity index (χ4n) is 1.81. The Morgan fingerprint density at radius 2 is 1.80 bits per heavy atom. The second-order valence-electron chi connectivity index (χ2n) is 4.90. The normalized spacial score (nSPS) is 12.2. The minimum absolute atomic E-state index is 0.259. The summed E-state index contributed by atoms with van der Waals surface area (Å²) in [6.45, 7) is 2.22. The number of alkyl halides is 3. The van der Waals surface area contributed by atoms with Gasteiger partial charge in [-0.15, -0.1) is 0 Å². The quantitative estimate of drug-likeness (QED) is 0.656. The Labute approximate surface area is 141 Å². The topological polar surface area (TPSA) is 105 Å². The van der Waals surface area contributed by atoms with Gasteiger partial charge in [0.2, 0.25) is 5.91 Å². The Bertz CT molecular complexity index is 617.